The van der Waals surface area contributed by atoms with Crippen LogP contribution < -0.4 is 9.64 Å². The normalized spacial score (nSPS) is 11.1. The van der Waals surface area contributed by atoms with E-state index >= 15 is 0 Å². The molecule has 0 aliphatic rings. The summed E-state index contributed by atoms with van der Waals surface area (Å²) in [6.45, 7) is 1.13. The SMILES string of the molecule is COc1cc2ccccc2cc1C(=O)N(CCCN(C)C)c1nc2c(F)cc(F)cc2s1.Cl. The number of rotatable bonds is 7. The van der Waals surface area contributed by atoms with Gasteiger partial charge in [-0.25, -0.2) is 13.8 Å². The number of nitrogens with zero attached hydrogens (tertiary/aromatic N) is 3. The lowest BCUT2D eigenvalue weighted by molar-refractivity contribution is 0.0983. The maximum atomic E-state index is 14.3. The number of hydrogen-bond acceptors (Lipinski definition) is 5. The second-order valence-corrected chi connectivity index (χ2v) is 8.75. The molecule has 4 aromatic rings. The molecule has 0 saturated heterocycles. The molecule has 1 heterocycles. The lowest BCUT2D eigenvalue weighted by Crippen LogP contribution is -2.33. The molecule has 0 fully saturated rings. The van der Waals surface area contributed by atoms with Crippen LogP contribution in [0.15, 0.2) is 48.5 Å². The van der Waals surface area contributed by atoms with Crippen LogP contribution >= 0.6 is 23.7 Å². The highest BCUT2D eigenvalue weighted by molar-refractivity contribution is 7.22. The van der Waals surface area contributed by atoms with Gasteiger partial charge in [0.25, 0.3) is 5.91 Å². The van der Waals surface area contributed by atoms with Crippen LogP contribution in [0, 0.1) is 11.6 Å². The Morgan fingerprint density at radius 3 is 2.42 bits per heavy atom. The Morgan fingerprint density at radius 1 is 1.06 bits per heavy atom. The summed E-state index contributed by atoms with van der Waals surface area (Å²) >= 11 is 1.09. The third-order valence-corrected chi connectivity index (χ3v) is 6.19. The quantitative estimate of drug-likeness (QED) is 0.330. The van der Waals surface area contributed by atoms with Gasteiger partial charge in [-0.1, -0.05) is 35.6 Å². The minimum Gasteiger partial charge on any atom is -0.496 e. The topological polar surface area (TPSA) is 45.7 Å². The number of carbonyl (C=O) groups is 1. The highest BCUT2D eigenvalue weighted by atomic mass is 35.5. The van der Waals surface area contributed by atoms with Gasteiger partial charge in [-0.2, -0.15) is 0 Å². The monoisotopic (exact) mass is 491 g/mol. The minimum atomic E-state index is -0.744. The molecule has 0 bridgehead atoms. The molecule has 9 heteroatoms. The molecule has 5 nitrogen and oxygen atoms in total. The molecule has 0 spiro atoms. The lowest BCUT2D eigenvalue weighted by atomic mass is 10.0. The van der Waals surface area contributed by atoms with Crippen LogP contribution in [0.2, 0.25) is 0 Å². The summed E-state index contributed by atoms with van der Waals surface area (Å²) in [5, 5.41) is 2.18. The molecule has 3 aromatic carbocycles. The standard InChI is InChI=1S/C24H23F2N3O2S.ClH/c1-28(2)9-6-10-29(24-27-22-19(26)13-17(25)14-21(22)32-24)23(30)18-11-15-7-4-5-8-16(15)12-20(18)31-3;/h4-5,7-8,11-14H,6,9-10H2,1-3H3;1H. The van der Waals surface area contributed by atoms with Gasteiger partial charge >= 0.3 is 0 Å². The van der Waals surface area contributed by atoms with Crippen LogP contribution in [0.25, 0.3) is 21.0 Å². The first-order valence-corrected chi connectivity index (χ1v) is 11.0. The van der Waals surface area contributed by atoms with Crippen LogP contribution in [-0.4, -0.2) is 50.1 Å². The minimum absolute atomic E-state index is 0. The van der Waals surface area contributed by atoms with Crippen molar-refractivity contribution in [2.75, 3.05) is 39.2 Å². The third kappa shape index (κ3) is 5.24. The molecule has 0 aliphatic heterocycles. The van der Waals surface area contributed by atoms with Gasteiger partial charge in [0, 0.05) is 12.6 Å². The summed E-state index contributed by atoms with van der Waals surface area (Å²) in [5.74, 6) is -1.27. The van der Waals surface area contributed by atoms with Crippen molar-refractivity contribution in [3.05, 3.63) is 65.7 Å². The average molecular weight is 492 g/mol. The van der Waals surface area contributed by atoms with E-state index in [1.165, 1.54) is 18.1 Å². The summed E-state index contributed by atoms with van der Waals surface area (Å²) in [5.41, 5.74) is 0.448. The van der Waals surface area contributed by atoms with Gasteiger partial charge in [0.2, 0.25) is 0 Å². The number of thiazole rings is 1. The van der Waals surface area contributed by atoms with Gasteiger partial charge in [-0.15, -0.1) is 12.4 Å². The van der Waals surface area contributed by atoms with Crippen molar-refractivity contribution in [1.29, 1.82) is 0 Å². The number of methoxy groups -OCH3 is 1. The van der Waals surface area contributed by atoms with Crippen molar-refractivity contribution in [3.8, 4) is 5.75 Å². The summed E-state index contributed by atoms with van der Waals surface area (Å²) in [7, 11) is 5.43. The Hall–Kier alpha value is -2.81. The van der Waals surface area contributed by atoms with Crippen molar-refractivity contribution in [2.24, 2.45) is 0 Å². The zero-order valence-corrected chi connectivity index (χ0v) is 20.1. The van der Waals surface area contributed by atoms with E-state index in [9.17, 15) is 13.6 Å². The molecule has 0 atom stereocenters. The third-order valence-electron chi connectivity index (χ3n) is 5.16. The first kappa shape index (κ1) is 24.8. The molecule has 0 unspecified atom stereocenters. The molecule has 0 saturated carbocycles. The van der Waals surface area contributed by atoms with Gasteiger partial charge in [-0.3, -0.25) is 9.69 Å². The number of carbonyl (C=O) groups excluding carboxylic acids is 1. The summed E-state index contributed by atoms with van der Waals surface area (Å²) < 4.78 is 33.8. The van der Waals surface area contributed by atoms with Gasteiger partial charge < -0.3 is 9.64 Å². The second-order valence-electron chi connectivity index (χ2n) is 7.74. The first-order valence-electron chi connectivity index (χ1n) is 10.2. The van der Waals surface area contributed by atoms with Crippen LogP contribution in [0.1, 0.15) is 16.8 Å². The maximum Gasteiger partial charge on any atom is 0.263 e. The van der Waals surface area contributed by atoms with Crippen LogP contribution in [0.5, 0.6) is 5.75 Å². The van der Waals surface area contributed by atoms with Crippen molar-refractivity contribution < 1.29 is 18.3 Å². The molecule has 4 rings (SSSR count). The van der Waals surface area contributed by atoms with E-state index in [4.69, 9.17) is 4.74 Å². The predicted octanol–water partition coefficient (Wildman–Crippen LogP) is 5.76. The van der Waals surface area contributed by atoms with Gasteiger partial charge in [-0.05, 0) is 56.0 Å². The number of benzene rings is 3. The number of anilines is 1. The Balaban J connectivity index is 0.00000306. The zero-order valence-electron chi connectivity index (χ0n) is 18.5. The Morgan fingerprint density at radius 2 is 1.76 bits per heavy atom. The van der Waals surface area contributed by atoms with Gasteiger partial charge in [0.15, 0.2) is 10.9 Å². The fourth-order valence-corrected chi connectivity index (χ4v) is 4.62. The Labute approximate surface area is 201 Å². The Kier molecular flexibility index (Phi) is 7.84. The van der Waals surface area contributed by atoms with Crippen molar-refractivity contribution >= 4 is 55.8 Å². The number of ether oxygens (including phenoxy) is 1. The van der Waals surface area contributed by atoms with E-state index in [-0.39, 0.29) is 23.8 Å². The highest BCUT2D eigenvalue weighted by Gasteiger charge is 2.25. The Bertz CT molecular complexity index is 1300. The zero-order chi connectivity index (χ0) is 22.8. The van der Waals surface area contributed by atoms with E-state index in [0.717, 1.165) is 34.7 Å². The number of halogens is 3. The van der Waals surface area contributed by atoms with Crippen LogP contribution in [0.4, 0.5) is 13.9 Å². The highest BCUT2D eigenvalue weighted by Crippen LogP contribution is 2.34. The molecule has 1 aromatic heterocycles. The first-order chi connectivity index (χ1) is 15.4. The number of hydrogen-bond donors (Lipinski definition) is 0. The molecular weight excluding hydrogens is 468 g/mol. The van der Waals surface area contributed by atoms with Gasteiger partial charge in [0.1, 0.15) is 17.1 Å². The maximum absolute atomic E-state index is 14.3. The van der Waals surface area contributed by atoms with Crippen molar-refractivity contribution in [2.45, 2.75) is 6.42 Å². The van der Waals surface area contributed by atoms with E-state index in [0.29, 0.717) is 34.1 Å². The smallest absolute Gasteiger partial charge is 0.263 e. The fraction of sp³-hybridized carbons (Fsp3) is 0.250. The average Bonchev–Trinajstić information content (AvgIpc) is 3.19. The molecular formula is C24H24ClF2N3O2S. The number of aromatic nitrogens is 1. The van der Waals surface area contributed by atoms with Crippen molar-refractivity contribution in [3.63, 3.8) is 0 Å². The molecule has 33 heavy (non-hydrogen) atoms. The fourth-order valence-electron chi connectivity index (χ4n) is 3.59. The van der Waals surface area contributed by atoms with E-state index in [1.807, 2.05) is 49.3 Å². The molecule has 0 N–H and O–H groups in total. The largest absolute Gasteiger partial charge is 0.496 e. The number of amides is 1. The second kappa shape index (κ2) is 10.4. The molecule has 1 amide bonds. The molecule has 174 valence electrons. The predicted molar refractivity (Wildman–Crippen MR) is 132 cm³/mol. The van der Waals surface area contributed by atoms with E-state index in [2.05, 4.69) is 4.98 Å². The van der Waals surface area contributed by atoms with Crippen LogP contribution in [0.3, 0.4) is 0 Å². The molecule has 0 radical (unpaired) electrons. The van der Waals surface area contributed by atoms with Crippen LogP contribution in [-0.2, 0) is 0 Å². The summed E-state index contributed by atoms with van der Waals surface area (Å²) in [4.78, 5) is 21.6. The lowest BCUT2D eigenvalue weighted by Gasteiger charge is -2.22. The van der Waals surface area contributed by atoms with Gasteiger partial charge in [0.05, 0.1) is 17.4 Å². The van der Waals surface area contributed by atoms with E-state index in [1.54, 1.807) is 6.07 Å². The number of fused-ring (bicyclic) bond motifs is 2. The van der Waals surface area contributed by atoms with E-state index < -0.39 is 11.6 Å². The summed E-state index contributed by atoms with van der Waals surface area (Å²) in [6, 6.07) is 13.4. The van der Waals surface area contributed by atoms with Crippen molar-refractivity contribution in [1.82, 2.24) is 9.88 Å². The molecule has 0 aliphatic carbocycles. The summed E-state index contributed by atoms with van der Waals surface area (Å²) in [6.07, 6.45) is 0.682.